The molecule has 0 nitrogen and oxygen atoms in total. The molecule has 28 heavy (non-hydrogen) atoms. The monoisotopic (exact) mass is 372 g/mol. The molecule has 0 heterocycles. The van der Waals surface area contributed by atoms with E-state index >= 15 is 0 Å². The van der Waals surface area contributed by atoms with Crippen LogP contribution in [0.25, 0.3) is 16.7 Å². The number of benzene rings is 2. The molecule has 2 aromatic rings. The van der Waals surface area contributed by atoms with Crippen molar-refractivity contribution in [1.82, 2.24) is 0 Å². The lowest BCUT2D eigenvalue weighted by Gasteiger charge is -2.26. The molecule has 0 N–H and O–H groups in total. The van der Waals surface area contributed by atoms with Crippen LogP contribution in [0.15, 0.2) is 54.6 Å². The molecule has 0 bridgehead atoms. The van der Waals surface area contributed by atoms with E-state index in [0.29, 0.717) is 0 Å². The highest BCUT2D eigenvalue weighted by atomic mass is 14.2. The Labute approximate surface area is 172 Å². The third kappa shape index (κ3) is 4.59. The van der Waals surface area contributed by atoms with Gasteiger partial charge in [0.25, 0.3) is 0 Å². The van der Waals surface area contributed by atoms with E-state index in [9.17, 15) is 0 Å². The summed E-state index contributed by atoms with van der Waals surface area (Å²) in [5.74, 6) is 2.62. The lowest BCUT2D eigenvalue weighted by molar-refractivity contribution is 0.348. The highest BCUT2D eigenvalue weighted by Crippen LogP contribution is 2.37. The molecule has 0 spiro atoms. The van der Waals surface area contributed by atoms with E-state index in [1.54, 1.807) is 11.1 Å². The molecule has 0 heteroatoms. The molecule has 1 fully saturated rings. The van der Waals surface area contributed by atoms with Crippen molar-refractivity contribution in [1.29, 1.82) is 0 Å². The van der Waals surface area contributed by atoms with Gasteiger partial charge in [-0.05, 0) is 77.7 Å². The molecule has 0 saturated heterocycles. The smallest absolute Gasteiger partial charge is 0.0162 e. The van der Waals surface area contributed by atoms with E-state index in [0.717, 1.165) is 17.8 Å². The maximum Gasteiger partial charge on any atom is -0.0162 e. The average molecular weight is 373 g/mol. The molecular formula is C28H36. The van der Waals surface area contributed by atoms with Crippen molar-refractivity contribution in [2.45, 2.75) is 77.6 Å². The Kier molecular flexibility index (Phi) is 6.35. The van der Waals surface area contributed by atoms with Gasteiger partial charge < -0.3 is 0 Å². The fraction of sp³-hybridized carbons (Fsp3) is 0.500. The predicted octanol–water partition coefficient (Wildman–Crippen LogP) is 8.63. The normalized spacial score (nSPS) is 25.4. The van der Waals surface area contributed by atoms with Crippen molar-refractivity contribution < 1.29 is 0 Å². The average Bonchev–Trinajstić information content (AvgIpc) is 2.75. The fourth-order valence-electron chi connectivity index (χ4n) is 5.24. The van der Waals surface area contributed by atoms with Gasteiger partial charge in [0.15, 0.2) is 0 Å². The van der Waals surface area contributed by atoms with Crippen molar-refractivity contribution >= 4 is 5.57 Å². The Hall–Kier alpha value is -1.82. The van der Waals surface area contributed by atoms with Gasteiger partial charge in [-0.3, -0.25) is 0 Å². The van der Waals surface area contributed by atoms with Crippen LogP contribution in [0.2, 0.25) is 0 Å². The minimum atomic E-state index is 0.780. The van der Waals surface area contributed by atoms with Gasteiger partial charge in [0.1, 0.15) is 0 Å². The molecule has 1 atom stereocenters. The van der Waals surface area contributed by atoms with Gasteiger partial charge in [0, 0.05) is 0 Å². The van der Waals surface area contributed by atoms with Crippen LogP contribution in [-0.2, 0) is 0 Å². The SMILES string of the molecule is CCCC1CC=C(c2ccc(-c3ccc([C@H]4CC[C@H](C)CC4)cc3)cc2)CC1. The number of hydrogen-bond donors (Lipinski definition) is 0. The van der Waals surface area contributed by atoms with Crippen LogP contribution in [-0.4, -0.2) is 0 Å². The van der Waals surface area contributed by atoms with E-state index in [1.807, 2.05) is 0 Å². The van der Waals surface area contributed by atoms with E-state index in [-0.39, 0.29) is 0 Å². The predicted molar refractivity (Wildman–Crippen MR) is 122 cm³/mol. The van der Waals surface area contributed by atoms with Crippen LogP contribution in [0.3, 0.4) is 0 Å². The summed E-state index contributed by atoms with van der Waals surface area (Å²) in [6.07, 6.45) is 14.6. The van der Waals surface area contributed by atoms with Crippen LogP contribution in [0, 0.1) is 11.8 Å². The molecule has 4 rings (SSSR count). The zero-order valence-corrected chi connectivity index (χ0v) is 17.8. The van der Waals surface area contributed by atoms with Crippen LogP contribution in [0.1, 0.15) is 88.7 Å². The molecule has 2 aromatic carbocycles. The second kappa shape index (κ2) is 9.12. The van der Waals surface area contributed by atoms with Crippen molar-refractivity contribution in [2.24, 2.45) is 11.8 Å². The molecule has 1 saturated carbocycles. The molecule has 2 aliphatic rings. The van der Waals surface area contributed by atoms with Gasteiger partial charge in [-0.2, -0.15) is 0 Å². The third-order valence-electron chi connectivity index (χ3n) is 7.20. The Balaban J connectivity index is 1.41. The third-order valence-corrected chi connectivity index (χ3v) is 7.20. The topological polar surface area (TPSA) is 0 Å². The Morgan fingerprint density at radius 3 is 1.93 bits per heavy atom. The maximum absolute atomic E-state index is 2.50. The largest absolute Gasteiger partial charge is 0.0804 e. The first-order valence-electron chi connectivity index (χ1n) is 11.6. The Morgan fingerprint density at radius 1 is 0.750 bits per heavy atom. The fourth-order valence-corrected chi connectivity index (χ4v) is 5.24. The first kappa shape index (κ1) is 19.5. The summed E-state index contributed by atoms with van der Waals surface area (Å²) in [6.45, 7) is 4.70. The molecule has 1 unspecified atom stereocenters. The van der Waals surface area contributed by atoms with Crippen molar-refractivity contribution in [3.05, 3.63) is 65.7 Å². The van der Waals surface area contributed by atoms with Crippen molar-refractivity contribution in [3.63, 3.8) is 0 Å². The van der Waals surface area contributed by atoms with Crippen LogP contribution in [0.4, 0.5) is 0 Å². The zero-order valence-electron chi connectivity index (χ0n) is 17.8. The first-order chi connectivity index (χ1) is 13.7. The standard InChI is InChI=1S/C28H36/c1-3-4-22-7-11-24(12-8-22)26-15-19-28(20-16-26)27-17-13-25(14-18-27)23-9-5-21(2)6-10-23/h11,13-23H,3-10,12H2,1-2H3/t21-,22?,23-. The van der Waals surface area contributed by atoms with Gasteiger partial charge in [-0.1, -0.05) is 94.1 Å². The quantitative estimate of drug-likeness (QED) is 0.492. The summed E-state index contributed by atoms with van der Waals surface area (Å²) in [5.41, 5.74) is 7.21. The lowest BCUT2D eigenvalue weighted by atomic mass is 9.79. The molecular weight excluding hydrogens is 336 g/mol. The van der Waals surface area contributed by atoms with Gasteiger partial charge in [0.2, 0.25) is 0 Å². The summed E-state index contributed by atoms with van der Waals surface area (Å²) in [7, 11) is 0. The minimum Gasteiger partial charge on any atom is -0.0804 e. The number of rotatable bonds is 5. The highest BCUT2D eigenvalue weighted by molar-refractivity contribution is 5.71. The molecule has 0 aromatic heterocycles. The Morgan fingerprint density at radius 2 is 1.36 bits per heavy atom. The van der Waals surface area contributed by atoms with Gasteiger partial charge >= 0.3 is 0 Å². The van der Waals surface area contributed by atoms with E-state index in [2.05, 4.69) is 68.5 Å². The van der Waals surface area contributed by atoms with Gasteiger partial charge in [-0.25, -0.2) is 0 Å². The van der Waals surface area contributed by atoms with E-state index < -0.39 is 0 Å². The molecule has 2 aliphatic carbocycles. The molecule has 0 aliphatic heterocycles. The van der Waals surface area contributed by atoms with Crippen LogP contribution < -0.4 is 0 Å². The molecule has 0 radical (unpaired) electrons. The first-order valence-corrected chi connectivity index (χ1v) is 11.6. The highest BCUT2D eigenvalue weighted by Gasteiger charge is 2.19. The minimum absolute atomic E-state index is 0.780. The molecule has 0 amide bonds. The van der Waals surface area contributed by atoms with Crippen LogP contribution in [0.5, 0.6) is 0 Å². The Bertz CT molecular complexity index is 770. The second-order valence-corrected chi connectivity index (χ2v) is 9.31. The van der Waals surface area contributed by atoms with E-state index in [4.69, 9.17) is 0 Å². The summed E-state index contributed by atoms with van der Waals surface area (Å²) in [6, 6.07) is 18.7. The van der Waals surface area contributed by atoms with E-state index in [1.165, 1.54) is 74.5 Å². The summed E-state index contributed by atoms with van der Waals surface area (Å²) >= 11 is 0. The van der Waals surface area contributed by atoms with Crippen LogP contribution >= 0.6 is 0 Å². The second-order valence-electron chi connectivity index (χ2n) is 9.31. The maximum atomic E-state index is 2.50. The van der Waals surface area contributed by atoms with Gasteiger partial charge in [0.05, 0.1) is 0 Å². The lowest BCUT2D eigenvalue weighted by Crippen LogP contribution is -2.10. The van der Waals surface area contributed by atoms with Crippen molar-refractivity contribution in [2.75, 3.05) is 0 Å². The zero-order chi connectivity index (χ0) is 19.3. The summed E-state index contributed by atoms with van der Waals surface area (Å²) in [5, 5.41) is 0. The van der Waals surface area contributed by atoms with Gasteiger partial charge in [-0.15, -0.1) is 0 Å². The molecule has 148 valence electrons. The number of allylic oxidation sites excluding steroid dienone is 2. The summed E-state index contributed by atoms with van der Waals surface area (Å²) < 4.78 is 0. The number of hydrogen-bond acceptors (Lipinski definition) is 0. The van der Waals surface area contributed by atoms with Crippen molar-refractivity contribution in [3.8, 4) is 11.1 Å². The summed E-state index contributed by atoms with van der Waals surface area (Å²) in [4.78, 5) is 0.